The van der Waals surface area contributed by atoms with Crippen LogP contribution < -0.4 is 10.2 Å². The molecule has 0 amide bonds. The van der Waals surface area contributed by atoms with Crippen molar-refractivity contribution >= 4 is 5.69 Å². The third-order valence-corrected chi connectivity index (χ3v) is 4.53. The zero-order valence-corrected chi connectivity index (χ0v) is 14.2. The zero-order valence-electron chi connectivity index (χ0n) is 14.2. The van der Waals surface area contributed by atoms with Crippen LogP contribution in [0.3, 0.4) is 0 Å². The van der Waals surface area contributed by atoms with E-state index < -0.39 is 11.6 Å². The summed E-state index contributed by atoms with van der Waals surface area (Å²) >= 11 is 0. The van der Waals surface area contributed by atoms with Crippen molar-refractivity contribution in [2.24, 2.45) is 0 Å². The molecule has 1 N–H and O–H groups in total. The molecule has 2 atom stereocenters. The maximum absolute atomic E-state index is 13.9. The van der Waals surface area contributed by atoms with Crippen LogP contribution in [0.4, 0.5) is 14.5 Å². The summed E-state index contributed by atoms with van der Waals surface area (Å²) in [4.78, 5) is 10.6. The molecule has 2 aromatic rings. The van der Waals surface area contributed by atoms with Gasteiger partial charge in [-0.15, -0.1) is 0 Å². The molecule has 0 spiro atoms. The van der Waals surface area contributed by atoms with Crippen molar-refractivity contribution in [2.45, 2.75) is 39.3 Å². The second kappa shape index (κ2) is 6.81. The van der Waals surface area contributed by atoms with Gasteiger partial charge in [-0.1, -0.05) is 0 Å². The van der Waals surface area contributed by atoms with Gasteiger partial charge in [-0.05, 0) is 39.3 Å². The van der Waals surface area contributed by atoms with Gasteiger partial charge in [-0.2, -0.15) is 0 Å². The van der Waals surface area contributed by atoms with Crippen molar-refractivity contribution in [3.8, 4) is 0 Å². The van der Waals surface area contributed by atoms with Gasteiger partial charge < -0.3 is 10.2 Å². The molecule has 6 heteroatoms. The SMILES string of the molecule is Cc1ncc([C@@H](C)N[C@H]2CCN(c3ccc(F)cc3F)C2)c(C)n1. The maximum Gasteiger partial charge on any atom is 0.149 e. The summed E-state index contributed by atoms with van der Waals surface area (Å²) in [5.41, 5.74) is 2.51. The highest BCUT2D eigenvalue weighted by Gasteiger charge is 2.26. The Morgan fingerprint density at radius 3 is 2.79 bits per heavy atom. The van der Waals surface area contributed by atoms with E-state index in [1.165, 1.54) is 12.1 Å². The van der Waals surface area contributed by atoms with E-state index in [0.717, 1.165) is 36.1 Å². The first-order chi connectivity index (χ1) is 11.4. The van der Waals surface area contributed by atoms with Crippen LogP contribution in [-0.4, -0.2) is 29.1 Å². The first-order valence-electron chi connectivity index (χ1n) is 8.20. The summed E-state index contributed by atoms with van der Waals surface area (Å²) in [6.07, 6.45) is 2.77. The third kappa shape index (κ3) is 3.53. The number of anilines is 1. The van der Waals surface area contributed by atoms with Crippen molar-refractivity contribution in [2.75, 3.05) is 18.0 Å². The van der Waals surface area contributed by atoms with E-state index in [4.69, 9.17) is 0 Å². The minimum absolute atomic E-state index is 0.119. The first-order valence-corrected chi connectivity index (χ1v) is 8.20. The lowest BCUT2D eigenvalue weighted by atomic mass is 10.1. The number of aromatic nitrogens is 2. The fourth-order valence-corrected chi connectivity index (χ4v) is 3.31. The third-order valence-electron chi connectivity index (χ3n) is 4.53. The molecule has 1 aromatic heterocycles. The second-order valence-corrected chi connectivity index (χ2v) is 6.37. The van der Waals surface area contributed by atoms with Crippen molar-refractivity contribution in [3.05, 3.63) is 53.1 Å². The second-order valence-electron chi connectivity index (χ2n) is 6.37. The standard InChI is InChI=1S/C18H22F2N4/c1-11-16(9-21-13(3)22-11)12(2)23-15-6-7-24(10-15)18-5-4-14(19)8-17(18)20/h4-5,8-9,12,15,23H,6-7,10H2,1-3H3/t12-,15+/m1/s1. The molecule has 0 radical (unpaired) electrons. The molecule has 1 saturated heterocycles. The van der Waals surface area contributed by atoms with Crippen molar-refractivity contribution in [1.29, 1.82) is 0 Å². The molecule has 4 nitrogen and oxygen atoms in total. The van der Waals surface area contributed by atoms with Crippen molar-refractivity contribution < 1.29 is 8.78 Å². The predicted octanol–water partition coefficient (Wildman–Crippen LogP) is 3.30. The number of hydrogen-bond donors (Lipinski definition) is 1. The largest absolute Gasteiger partial charge is 0.368 e. The Morgan fingerprint density at radius 1 is 1.29 bits per heavy atom. The Labute approximate surface area is 140 Å². The molecule has 1 aromatic carbocycles. The van der Waals surface area contributed by atoms with Gasteiger partial charge in [0, 0.05) is 48.7 Å². The van der Waals surface area contributed by atoms with Gasteiger partial charge in [0.25, 0.3) is 0 Å². The molecule has 1 fully saturated rings. The zero-order chi connectivity index (χ0) is 17.3. The smallest absolute Gasteiger partial charge is 0.149 e. The summed E-state index contributed by atoms with van der Waals surface area (Å²) < 4.78 is 27.0. The van der Waals surface area contributed by atoms with Crippen LogP contribution in [0.5, 0.6) is 0 Å². The Balaban J connectivity index is 1.65. The summed E-state index contributed by atoms with van der Waals surface area (Å²) in [6, 6.07) is 4.10. The van der Waals surface area contributed by atoms with E-state index >= 15 is 0 Å². The molecule has 24 heavy (non-hydrogen) atoms. The van der Waals surface area contributed by atoms with Crippen LogP contribution in [0.2, 0.25) is 0 Å². The van der Waals surface area contributed by atoms with Crippen molar-refractivity contribution in [3.63, 3.8) is 0 Å². The maximum atomic E-state index is 13.9. The van der Waals surface area contributed by atoms with Gasteiger partial charge in [0.2, 0.25) is 0 Å². The highest BCUT2D eigenvalue weighted by atomic mass is 19.1. The molecule has 0 bridgehead atoms. The number of benzene rings is 1. The molecule has 1 aliphatic rings. The lowest BCUT2D eigenvalue weighted by Crippen LogP contribution is -2.35. The van der Waals surface area contributed by atoms with Crippen LogP contribution >= 0.6 is 0 Å². The van der Waals surface area contributed by atoms with Crippen LogP contribution in [0, 0.1) is 25.5 Å². The molecule has 128 valence electrons. The molecule has 0 unspecified atom stereocenters. The van der Waals surface area contributed by atoms with E-state index in [1.807, 2.05) is 24.9 Å². The molecule has 2 heterocycles. The van der Waals surface area contributed by atoms with Crippen LogP contribution in [0.1, 0.15) is 36.5 Å². The number of nitrogens with one attached hydrogen (secondary N) is 1. The summed E-state index contributed by atoms with van der Waals surface area (Å²) in [6.45, 7) is 7.38. The Hall–Kier alpha value is -2.08. The van der Waals surface area contributed by atoms with E-state index in [2.05, 4.69) is 22.2 Å². The minimum Gasteiger partial charge on any atom is -0.368 e. The average molecular weight is 332 g/mol. The Morgan fingerprint density at radius 2 is 2.08 bits per heavy atom. The molecule has 0 aliphatic carbocycles. The summed E-state index contributed by atoms with van der Waals surface area (Å²) in [7, 11) is 0. The normalized spacial score (nSPS) is 18.9. The van der Waals surface area contributed by atoms with E-state index in [0.29, 0.717) is 12.2 Å². The Kier molecular flexibility index (Phi) is 4.76. The quantitative estimate of drug-likeness (QED) is 0.933. The molecule has 3 rings (SSSR count). The summed E-state index contributed by atoms with van der Waals surface area (Å²) in [5, 5.41) is 3.57. The van der Waals surface area contributed by atoms with Gasteiger partial charge in [-0.25, -0.2) is 18.7 Å². The monoisotopic (exact) mass is 332 g/mol. The van der Waals surface area contributed by atoms with Gasteiger partial charge in [0.1, 0.15) is 17.5 Å². The number of rotatable bonds is 4. The van der Waals surface area contributed by atoms with E-state index in [1.54, 1.807) is 0 Å². The fraction of sp³-hybridized carbons (Fsp3) is 0.444. The van der Waals surface area contributed by atoms with Gasteiger partial charge in [0.15, 0.2) is 0 Å². The lowest BCUT2D eigenvalue weighted by Gasteiger charge is -2.22. The molecular weight excluding hydrogens is 310 g/mol. The predicted molar refractivity (Wildman–Crippen MR) is 90.0 cm³/mol. The lowest BCUT2D eigenvalue weighted by molar-refractivity contribution is 0.477. The number of halogens is 2. The average Bonchev–Trinajstić information content (AvgIpc) is 2.95. The fourth-order valence-electron chi connectivity index (χ4n) is 3.31. The number of hydrogen-bond acceptors (Lipinski definition) is 4. The van der Waals surface area contributed by atoms with Gasteiger partial charge in [0.05, 0.1) is 5.69 Å². The van der Waals surface area contributed by atoms with Crippen LogP contribution in [-0.2, 0) is 0 Å². The summed E-state index contributed by atoms with van der Waals surface area (Å²) in [5.74, 6) is -0.289. The molecule has 1 aliphatic heterocycles. The molecule has 0 saturated carbocycles. The first kappa shape index (κ1) is 16.8. The highest BCUT2D eigenvalue weighted by molar-refractivity contribution is 5.49. The van der Waals surface area contributed by atoms with Gasteiger partial charge in [-0.3, -0.25) is 0 Å². The minimum atomic E-state index is -0.548. The van der Waals surface area contributed by atoms with E-state index in [-0.39, 0.29) is 12.1 Å². The highest BCUT2D eigenvalue weighted by Crippen LogP contribution is 2.25. The molecular formula is C18H22F2N4. The van der Waals surface area contributed by atoms with Crippen molar-refractivity contribution in [1.82, 2.24) is 15.3 Å². The van der Waals surface area contributed by atoms with E-state index in [9.17, 15) is 8.78 Å². The van der Waals surface area contributed by atoms with Crippen LogP contribution in [0.25, 0.3) is 0 Å². The number of nitrogens with zero attached hydrogens (tertiary/aromatic N) is 3. The van der Waals surface area contributed by atoms with Gasteiger partial charge >= 0.3 is 0 Å². The number of aryl methyl sites for hydroxylation is 2. The van der Waals surface area contributed by atoms with Crippen LogP contribution in [0.15, 0.2) is 24.4 Å². The topological polar surface area (TPSA) is 41.1 Å². The Bertz CT molecular complexity index is 735.